The molecule has 0 aliphatic rings. The number of aromatic nitrogens is 2. The van der Waals surface area contributed by atoms with Gasteiger partial charge in [-0.3, -0.25) is 4.68 Å². The standard InChI is InChI=1S/C12H20F3N3/c1-5-16-8(2)11-9(3)17-18(10(11)4)7-6-12(13,14)15/h8,16H,5-7H2,1-4H3. The topological polar surface area (TPSA) is 29.9 Å². The Morgan fingerprint density at radius 2 is 1.94 bits per heavy atom. The van der Waals surface area contributed by atoms with E-state index in [1.54, 1.807) is 0 Å². The molecule has 0 saturated heterocycles. The lowest BCUT2D eigenvalue weighted by molar-refractivity contribution is -0.137. The maximum absolute atomic E-state index is 12.2. The molecule has 0 saturated carbocycles. The summed E-state index contributed by atoms with van der Waals surface area (Å²) in [5.74, 6) is 0. The van der Waals surface area contributed by atoms with Gasteiger partial charge in [0.05, 0.1) is 12.1 Å². The Balaban J connectivity index is 2.87. The molecule has 0 fully saturated rings. The average Bonchev–Trinajstić information content (AvgIpc) is 2.50. The molecule has 1 aromatic rings. The summed E-state index contributed by atoms with van der Waals surface area (Å²) in [6.45, 7) is 8.34. The summed E-state index contributed by atoms with van der Waals surface area (Å²) in [4.78, 5) is 0. The van der Waals surface area contributed by atoms with E-state index < -0.39 is 12.6 Å². The quantitative estimate of drug-likeness (QED) is 0.884. The first-order valence-corrected chi connectivity index (χ1v) is 6.10. The minimum Gasteiger partial charge on any atom is -0.310 e. The zero-order valence-electron chi connectivity index (χ0n) is 11.2. The van der Waals surface area contributed by atoms with Crippen molar-refractivity contribution in [3.63, 3.8) is 0 Å². The molecule has 0 amide bonds. The van der Waals surface area contributed by atoms with E-state index in [1.807, 2.05) is 27.7 Å². The van der Waals surface area contributed by atoms with Crippen LogP contribution in [0.1, 0.15) is 43.3 Å². The van der Waals surface area contributed by atoms with Crippen molar-refractivity contribution < 1.29 is 13.2 Å². The van der Waals surface area contributed by atoms with Gasteiger partial charge >= 0.3 is 6.18 Å². The van der Waals surface area contributed by atoms with Gasteiger partial charge in [0.1, 0.15) is 0 Å². The van der Waals surface area contributed by atoms with Crippen molar-refractivity contribution in [2.24, 2.45) is 0 Å². The Labute approximate surface area is 105 Å². The van der Waals surface area contributed by atoms with E-state index in [4.69, 9.17) is 0 Å². The predicted molar refractivity (Wildman–Crippen MR) is 64.5 cm³/mol. The van der Waals surface area contributed by atoms with Crippen LogP contribution < -0.4 is 5.32 Å². The fraction of sp³-hybridized carbons (Fsp3) is 0.750. The van der Waals surface area contributed by atoms with Crippen LogP contribution in [0.5, 0.6) is 0 Å². The van der Waals surface area contributed by atoms with Gasteiger partial charge in [-0.2, -0.15) is 18.3 Å². The third-order valence-corrected chi connectivity index (χ3v) is 2.99. The zero-order chi connectivity index (χ0) is 13.9. The van der Waals surface area contributed by atoms with Crippen LogP contribution in [0.25, 0.3) is 0 Å². The second kappa shape index (κ2) is 5.73. The molecule has 1 N–H and O–H groups in total. The number of alkyl halides is 3. The number of nitrogens with one attached hydrogen (secondary N) is 1. The van der Waals surface area contributed by atoms with E-state index in [9.17, 15) is 13.2 Å². The Bertz CT molecular complexity index is 396. The van der Waals surface area contributed by atoms with Gasteiger partial charge in [0.25, 0.3) is 0 Å². The molecule has 0 bridgehead atoms. The van der Waals surface area contributed by atoms with Crippen LogP contribution in [0.3, 0.4) is 0 Å². The molecule has 1 aromatic heterocycles. The van der Waals surface area contributed by atoms with Gasteiger partial charge in [0.2, 0.25) is 0 Å². The maximum atomic E-state index is 12.2. The minimum atomic E-state index is -4.14. The Morgan fingerprint density at radius 1 is 1.33 bits per heavy atom. The van der Waals surface area contributed by atoms with Crippen LogP contribution in [0, 0.1) is 13.8 Å². The molecule has 1 unspecified atom stereocenters. The number of halogens is 3. The summed E-state index contributed by atoms with van der Waals surface area (Å²) in [5.41, 5.74) is 2.60. The summed E-state index contributed by atoms with van der Waals surface area (Å²) >= 11 is 0. The van der Waals surface area contributed by atoms with Gasteiger partial charge in [0, 0.05) is 23.8 Å². The predicted octanol–water partition coefficient (Wildman–Crippen LogP) is 3.12. The first-order valence-electron chi connectivity index (χ1n) is 6.10. The SMILES string of the molecule is CCNC(C)c1c(C)nn(CCC(F)(F)F)c1C. The number of aryl methyl sites for hydroxylation is 2. The van der Waals surface area contributed by atoms with E-state index in [0.717, 1.165) is 23.5 Å². The van der Waals surface area contributed by atoms with Crippen LogP contribution in [0.4, 0.5) is 13.2 Å². The van der Waals surface area contributed by atoms with E-state index in [1.165, 1.54) is 4.68 Å². The van der Waals surface area contributed by atoms with Gasteiger partial charge in [-0.05, 0) is 27.3 Å². The second-order valence-corrected chi connectivity index (χ2v) is 4.45. The molecule has 1 rings (SSSR count). The van der Waals surface area contributed by atoms with Crippen molar-refractivity contribution in [2.45, 2.75) is 52.9 Å². The van der Waals surface area contributed by atoms with Crippen molar-refractivity contribution >= 4 is 0 Å². The summed E-state index contributed by atoms with van der Waals surface area (Å²) < 4.78 is 38.1. The molecular formula is C12H20F3N3. The molecule has 0 spiro atoms. The molecular weight excluding hydrogens is 243 g/mol. The van der Waals surface area contributed by atoms with E-state index in [-0.39, 0.29) is 12.6 Å². The highest BCUT2D eigenvalue weighted by Crippen LogP contribution is 2.24. The first kappa shape index (κ1) is 15.0. The van der Waals surface area contributed by atoms with Crippen molar-refractivity contribution in [1.29, 1.82) is 0 Å². The molecule has 6 heteroatoms. The number of rotatable bonds is 5. The lowest BCUT2D eigenvalue weighted by Crippen LogP contribution is -2.19. The van der Waals surface area contributed by atoms with E-state index in [2.05, 4.69) is 10.4 Å². The Kier molecular flexibility index (Phi) is 4.78. The van der Waals surface area contributed by atoms with Crippen molar-refractivity contribution in [3.05, 3.63) is 17.0 Å². The van der Waals surface area contributed by atoms with Gasteiger partial charge in [-0.1, -0.05) is 6.92 Å². The van der Waals surface area contributed by atoms with Crippen molar-refractivity contribution in [3.8, 4) is 0 Å². The van der Waals surface area contributed by atoms with Crippen LogP contribution in [-0.2, 0) is 6.54 Å². The molecule has 0 aliphatic heterocycles. The Hall–Kier alpha value is -1.04. The summed E-state index contributed by atoms with van der Waals surface area (Å²) in [6, 6.07) is 0.106. The van der Waals surface area contributed by atoms with E-state index >= 15 is 0 Å². The average molecular weight is 263 g/mol. The number of hydrogen-bond acceptors (Lipinski definition) is 2. The number of hydrogen-bond donors (Lipinski definition) is 1. The fourth-order valence-corrected chi connectivity index (χ4v) is 2.20. The highest BCUT2D eigenvalue weighted by molar-refractivity contribution is 5.27. The molecule has 18 heavy (non-hydrogen) atoms. The molecule has 0 radical (unpaired) electrons. The van der Waals surface area contributed by atoms with Crippen LogP contribution in [-0.4, -0.2) is 22.5 Å². The molecule has 104 valence electrons. The number of nitrogens with zero attached hydrogens (tertiary/aromatic N) is 2. The van der Waals surface area contributed by atoms with Crippen LogP contribution in [0.15, 0.2) is 0 Å². The van der Waals surface area contributed by atoms with Gasteiger partial charge in [-0.15, -0.1) is 0 Å². The third-order valence-electron chi connectivity index (χ3n) is 2.99. The molecule has 1 atom stereocenters. The maximum Gasteiger partial charge on any atom is 0.390 e. The van der Waals surface area contributed by atoms with Gasteiger partial charge in [0.15, 0.2) is 0 Å². The molecule has 3 nitrogen and oxygen atoms in total. The summed E-state index contributed by atoms with van der Waals surface area (Å²) in [6.07, 6.45) is -4.98. The van der Waals surface area contributed by atoms with Crippen LogP contribution in [0.2, 0.25) is 0 Å². The monoisotopic (exact) mass is 263 g/mol. The smallest absolute Gasteiger partial charge is 0.310 e. The molecule has 1 heterocycles. The highest BCUT2D eigenvalue weighted by atomic mass is 19.4. The van der Waals surface area contributed by atoms with E-state index in [0.29, 0.717) is 0 Å². The lowest BCUT2D eigenvalue weighted by Gasteiger charge is -2.13. The largest absolute Gasteiger partial charge is 0.390 e. The zero-order valence-corrected chi connectivity index (χ0v) is 11.2. The normalized spacial score (nSPS) is 13.9. The van der Waals surface area contributed by atoms with Gasteiger partial charge < -0.3 is 5.32 Å². The molecule has 0 aliphatic carbocycles. The highest BCUT2D eigenvalue weighted by Gasteiger charge is 2.27. The first-order chi connectivity index (χ1) is 8.26. The fourth-order valence-electron chi connectivity index (χ4n) is 2.20. The third kappa shape index (κ3) is 3.73. The Morgan fingerprint density at radius 3 is 2.44 bits per heavy atom. The van der Waals surface area contributed by atoms with Crippen molar-refractivity contribution in [2.75, 3.05) is 6.54 Å². The van der Waals surface area contributed by atoms with Gasteiger partial charge in [-0.25, -0.2) is 0 Å². The second-order valence-electron chi connectivity index (χ2n) is 4.45. The molecule has 0 aromatic carbocycles. The summed E-state index contributed by atoms with van der Waals surface area (Å²) in [7, 11) is 0. The van der Waals surface area contributed by atoms with Crippen LogP contribution >= 0.6 is 0 Å². The lowest BCUT2D eigenvalue weighted by atomic mass is 10.1. The summed E-state index contributed by atoms with van der Waals surface area (Å²) in [5, 5.41) is 7.45. The van der Waals surface area contributed by atoms with Crippen molar-refractivity contribution in [1.82, 2.24) is 15.1 Å². The minimum absolute atomic E-state index is 0.106.